The Balaban J connectivity index is 1.41. The normalized spacial score (nSPS) is 15.2. The van der Waals surface area contributed by atoms with E-state index < -0.39 is 0 Å². The number of fused-ring (bicyclic) bond motifs is 1. The van der Waals surface area contributed by atoms with Crippen LogP contribution < -0.4 is 19.7 Å². The average molecular weight is 554 g/mol. The average Bonchev–Trinajstić information content (AvgIpc) is 3.30. The Morgan fingerprint density at radius 1 is 1.11 bits per heavy atom. The van der Waals surface area contributed by atoms with Crippen molar-refractivity contribution in [3.05, 3.63) is 71.2 Å². The van der Waals surface area contributed by atoms with Gasteiger partial charge in [0, 0.05) is 68.1 Å². The number of piperazine rings is 1. The lowest BCUT2D eigenvalue weighted by atomic mass is 10.1. The first-order valence-electron chi connectivity index (χ1n) is 12.4. The smallest absolute Gasteiger partial charge is 0.239 e. The van der Waals surface area contributed by atoms with E-state index in [2.05, 4.69) is 40.4 Å². The number of benzene rings is 2. The molecule has 10 heteroatoms. The van der Waals surface area contributed by atoms with Gasteiger partial charge in [0.05, 0.1) is 23.4 Å². The lowest BCUT2D eigenvalue weighted by Crippen LogP contribution is -2.44. The lowest BCUT2D eigenvalue weighted by molar-refractivity contribution is -0.113. The summed E-state index contributed by atoms with van der Waals surface area (Å²) in [7, 11) is 3.83. The molecule has 0 atom stereocenters. The molecule has 1 aliphatic heterocycles. The highest BCUT2D eigenvalue weighted by Crippen LogP contribution is 2.38. The van der Waals surface area contributed by atoms with E-state index in [1.54, 1.807) is 31.4 Å². The van der Waals surface area contributed by atoms with Crippen molar-refractivity contribution in [2.75, 3.05) is 56.4 Å². The second-order valence-electron chi connectivity index (χ2n) is 9.30. The summed E-state index contributed by atoms with van der Waals surface area (Å²) in [6, 6.07) is 13.3. The first-order valence-corrected chi connectivity index (χ1v) is 13.3. The molecule has 2 aliphatic rings. The van der Waals surface area contributed by atoms with Crippen LogP contribution in [-0.2, 0) is 17.6 Å². The molecule has 5 rings (SSSR count). The monoisotopic (exact) mass is 553 g/mol. The Morgan fingerprint density at radius 2 is 1.92 bits per heavy atom. The molecule has 1 saturated heterocycles. The number of methoxy groups -OCH3 is 1. The van der Waals surface area contributed by atoms with Crippen LogP contribution in [0.5, 0.6) is 17.4 Å². The van der Waals surface area contributed by atoms with Gasteiger partial charge in [0.1, 0.15) is 23.2 Å². The lowest BCUT2D eigenvalue weighted by Gasteiger charge is -2.34. The minimum atomic E-state index is -0.299. The summed E-state index contributed by atoms with van der Waals surface area (Å²) in [4.78, 5) is 26.0. The molecule has 0 bridgehead atoms. The fourth-order valence-electron chi connectivity index (χ4n) is 4.62. The van der Waals surface area contributed by atoms with E-state index in [4.69, 9.17) is 42.6 Å². The summed E-state index contributed by atoms with van der Waals surface area (Å²) in [6.45, 7) is 4.04. The van der Waals surface area contributed by atoms with E-state index in [0.29, 0.717) is 46.6 Å². The molecular weight excluding hydrogens is 525 g/mol. The molecule has 3 aromatic rings. The van der Waals surface area contributed by atoms with Crippen molar-refractivity contribution in [3.63, 3.8) is 0 Å². The quantitative estimate of drug-likeness (QED) is 0.396. The van der Waals surface area contributed by atoms with Gasteiger partial charge in [-0.15, -0.1) is 11.6 Å². The van der Waals surface area contributed by atoms with Crippen LogP contribution in [0.4, 0.5) is 11.4 Å². The van der Waals surface area contributed by atoms with Gasteiger partial charge in [-0.3, -0.25) is 4.79 Å². The van der Waals surface area contributed by atoms with Crippen LogP contribution in [0.3, 0.4) is 0 Å². The molecule has 2 heterocycles. The van der Waals surface area contributed by atoms with Crippen LogP contribution in [-0.4, -0.2) is 67.0 Å². The van der Waals surface area contributed by atoms with Gasteiger partial charge in [0.2, 0.25) is 11.8 Å². The number of likely N-dealkylation sites (N-methyl/N-ethyl adjacent to an activating group) is 1. The molecule has 1 N–H and O–H groups in total. The number of rotatable bonds is 8. The Labute approximate surface area is 232 Å². The van der Waals surface area contributed by atoms with Gasteiger partial charge in [-0.1, -0.05) is 29.8 Å². The van der Waals surface area contributed by atoms with Gasteiger partial charge in [0.25, 0.3) is 0 Å². The van der Waals surface area contributed by atoms with Crippen molar-refractivity contribution in [2.24, 2.45) is 0 Å². The van der Waals surface area contributed by atoms with Crippen molar-refractivity contribution in [3.8, 4) is 17.4 Å². The Bertz CT molecular complexity index is 1370. The summed E-state index contributed by atoms with van der Waals surface area (Å²) in [5, 5.41) is 3.28. The van der Waals surface area contributed by atoms with Crippen LogP contribution in [0.1, 0.15) is 22.6 Å². The van der Waals surface area contributed by atoms with Crippen LogP contribution in [0.25, 0.3) is 5.03 Å². The Morgan fingerprint density at radius 3 is 2.68 bits per heavy atom. The first-order chi connectivity index (χ1) is 18.4. The summed E-state index contributed by atoms with van der Waals surface area (Å²) < 4.78 is 11.9. The largest absolute Gasteiger partial charge is 0.496 e. The number of ether oxygens (including phenoxy) is 2. The number of carbonyl (C=O) groups is 1. The minimum Gasteiger partial charge on any atom is -0.496 e. The molecule has 0 radical (unpaired) electrons. The summed E-state index contributed by atoms with van der Waals surface area (Å²) >= 11 is 12.1. The fourth-order valence-corrected chi connectivity index (χ4v) is 4.95. The molecule has 1 fully saturated rings. The van der Waals surface area contributed by atoms with Gasteiger partial charge in [-0.2, -0.15) is 4.98 Å². The van der Waals surface area contributed by atoms with E-state index in [-0.39, 0.29) is 11.8 Å². The van der Waals surface area contributed by atoms with Gasteiger partial charge in [-0.05, 0) is 25.2 Å². The van der Waals surface area contributed by atoms with E-state index in [9.17, 15) is 4.79 Å². The van der Waals surface area contributed by atoms with E-state index in [1.165, 1.54) is 0 Å². The zero-order valence-corrected chi connectivity index (χ0v) is 22.8. The molecule has 1 aliphatic carbocycles. The zero-order valence-electron chi connectivity index (χ0n) is 21.3. The highest BCUT2D eigenvalue weighted by atomic mass is 35.5. The van der Waals surface area contributed by atoms with Crippen LogP contribution in [0.15, 0.2) is 48.5 Å². The maximum absolute atomic E-state index is 11.7. The minimum absolute atomic E-state index is 0.131. The van der Waals surface area contributed by atoms with Crippen molar-refractivity contribution >= 4 is 45.5 Å². The topological polar surface area (TPSA) is 79.8 Å². The van der Waals surface area contributed by atoms with E-state index in [0.717, 1.165) is 48.9 Å². The van der Waals surface area contributed by atoms with E-state index in [1.807, 2.05) is 6.08 Å². The maximum atomic E-state index is 11.7. The number of aromatic nitrogens is 2. The second kappa shape index (κ2) is 11.6. The number of halogens is 2. The number of carbonyl (C=O) groups excluding carboxylic acids is 1. The van der Waals surface area contributed by atoms with Gasteiger partial charge in [0.15, 0.2) is 0 Å². The third kappa shape index (κ3) is 5.88. The Kier molecular flexibility index (Phi) is 8.02. The molecule has 0 spiro atoms. The molecule has 38 heavy (non-hydrogen) atoms. The Hall–Kier alpha value is -3.33. The van der Waals surface area contributed by atoms with Crippen molar-refractivity contribution in [1.29, 1.82) is 0 Å². The first kappa shape index (κ1) is 26.3. The summed E-state index contributed by atoms with van der Waals surface area (Å²) in [5.74, 6) is 1.86. The van der Waals surface area contributed by atoms with Gasteiger partial charge < -0.3 is 24.6 Å². The van der Waals surface area contributed by atoms with Crippen LogP contribution >= 0.6 is 23.2 Å². The molecule has 0 saturated carbocycles. The number of hydrogen-bond acceptors (Lipinski definition) is 7. The summed E-state index contributed by atoms with van der Waals surface area (Å²) in [6.07, 6.45) is 2.98. The third-order valence-electron chi connectivity index (χ3n) is 6.65. The van der Waals surface area contributed by atoms with Crippen molar-refractivity contribution in [2.45, 2.75) is 12.8 Å². The highest BCUT2D eigenvalue weighted by molar-refractivity contribution is 6.49. The van der Waals surface area contributed by atoms with E-state index >= 15 is 0 Å². The molecule has 2 aromatic carbocycles. The fraction of sp³-hybridized carbons (Fsp3) is 0.321. The number of amides is 1. The summed E-state index contributed by atoms with van der Waals surface area (Å²) in [5.41, 5.74) is 4.21. The molecule has 0 unspecified atom stereocenters. The van der Waals surface area contributed by atoms with Crippen molar-refractivity contribution in [1.82, 2.24) is 14.9 Å². The molecule has 198 valence electrons. The molecule has 1 aromatic heterocycles. The SMILES string of the molecule is COc1cc(N2CCN(C)CC2)ccc1Cc1nc2c(c(Oc3cccc(NC(=O)CCl)c3)n1)C(Cl)=CC2. The number of allylic oxidation sites excluding steroid dienone is 1. The molecular formula is C28H29Cl2N5O3. The number of nitrogens with zero attached hydrogens (tertiary/aromatic N) is 4. The third-order valence-corrected chi connectivity index (χ3v) is 7.24. The molecule has 8 nitrogen and oxygen atoms in total. The zero-order chi connectivity index (χ0) is 26.6. The van der Waals surface area contributed by atoms with Gasteiger partial charge in [-0.25, -0.2) is 4.98 Å². The predicted molar refractivity (Wildman–Crippen MR) is 151 cm³/mol. The number of hydrogen-bond donors (Lipinski definition) is 1. The number of alkyl halides is 1. The van der Waals surface area contributed by atoms with Crippen LogP contribution in [0, 0.1) is 0 Å². The number of anilines is 2. The number of nitrogens with one attached hydrogen (secondary N) is 1. The second-order valence-corrected chi connectivity index (χ2v) is 9.97. The van der Waals surface area contributed by atoms with Crippen LogP contribution in [0.2, 0.25) is 0 Å². The van der Waals surface area contributed by atoms with Crippen molar-refractivity contribution < 1.29 is 14.3 Å². The highest BCUT2D eigenvalue weighted by Gasteiger charge is 2.24. The molecule has 1 amide bonds. The maximum Gasteiger partial charge on any atom is 0.239 e. The standard InChI is InChI=1S/C28H29Cl2N5O3/c1-34-10-12-35(13-11-34)20-7-6-18(24(16-20)37-2)14-25-32-23-9-8-22(30)27(23)28(33-25)38-21-5-3-4-19(15-21)31-26(36)17-29/h3-8,15-16H,9-14,17H2,1-2H3,(H,31,36). The predicted octanol–water partition coefficient (Wildman–Crippen LogP) is 4.93. The van der Waals surface area contributed by atoms with Gasteiger partial charge >= 0.3 is 0 Å².